The fourth-order valence-corrected chi connectivity index (χ4v) is 4.06. The van der Waals surface area contributed by atoms with Crippen LogP contribution in [-0.2, 0) is 4.79 Å². The average Bonchev–Trinajstić information content (AvgIpc) is 3.00. The van der Waals surface area contributed by atoms with Crippen LogP contribution in [0.4, 0.5) is 5.69 Å². The number of nitrogens with one attached hydrogen (secondary N) is 1. The van der Waals surface area contributed by atoms with Crippen molar-refractivity contribution in [3.63, 3.8) is 0 Å². The summed E-state index contributed by atoms with van der Waals surface area (Å²) in [7, 11) is 0. The molecule has 2 atom stereocenters. The molecule has 3 rings (SSSR count). The molecule has 136 valence electrons. The van der Waals surface area contributed by atoms with E-state index in [9.17, 15) is 9.59 Å². The molecule has 1 aromatic rings. The second-order valence-corrected chi connectivity index (χ2v) is 7.56. The van der Waals surface area contributed by atoms with Gasteiger partial charge in [-0.2, -0.15) is 0 Å². The summed E-state index contributed by atoms with van der Waals surface area (Å²) in [5.74, 6) is 0.184. The van der Waals surface area contributed by atoms with Gasteiger partial charge in [-0.15, -0.1) is 0 Å². The third kappa shape index (κ3) is 4.53. The van der Waals surface area contributed by atoms with Crippen LogP contribution in [0.1, 0.15) is 55.3 Å². The van der Waals surface area contributed by atoms with Crippen molar-refractivity contribution in [1.82, 2.24) is 4.90 Å². The van der Waals surface area contributed by atoms with Gasteiger partial charge in [-0.25, -0.2) is 0 Å². The Morgan fingerprint density at radius 1 is 1.16 bits per heavy atom. The zero-order valence-corrected chi connectivity index (χ0v) is 15.2. The van der Waals surface area contributed by atoms with Gasteiger partial charge in [0, 0.05) is 31.2 Å². The van der Waals surface area contributed by atoms with E-state index < -0.39 is 0 Å². The van der Waals surface area contributed by atoms with E-state index in [0.717, 1.165) is 45.2 Å². The third-order valence-corrected chi connectivity index (χ3v) is 5.60. The Hall–Kier alpha value is -1.59. The standard InChI is InChI=1S/C19H26ClN3O2/c20-16-12-14(22-18(24)11-13-5-4-6-17(13)21)7-8-15(16)19(25)23-9-2-1-3-10-23/h7-8,12-13,17H,1-6,9-11,21H2,(H,22,24)/t13-,17+/m0/s1. The minimum absolute atomic E-state index is 0.0282. The number of anilines is 1. The molecule has 2 aliphatic rings. The van der Waals surface area contributed by atoms with E-state index in [1.54, 1.807) is 18.2 Å². The molecule has 3 N–H and O–H groups in total. The van der Waals surface area contributed by atoms with Gasteiger partial charge in [0.25, 0.3) is 5.91 Å². The molecular formula is C19H26ClN3O2. The highest BCUT2D eigenvalue weighted by Gasteiger charge is 2.26. The number of likely N-dealkylation sites (tertiary alicyclic amines) is 1. The first-order valence-electron chi connectivity index (χ1n) is 9.19. The fraction of sp³-hybridized carbons (Fsp3) is 0.579. The molecule has 0 spiro atoms. The highest BCUT2D eigenvalue weighted by Crippen LogP contribution is 2.28. The van der Waals surface area contributed by atoms with Gasteiger partial charge in [-0.3, -0.25) is 9.59 Å². The lowest BCUT2D eigenvalue weighted by atomic mass is 10.00. The molecule has 0 aromatic heterocycles. The van der Waals surface area contributed by atoms with Gasteiger partial charge in [-0.05, 0) is 56.2 Å². The Bertz CT molecular complexity index is 644. The molecule has 1 heterocycles. The maximum absolute atomic E-state index is 12.6. The van der Waals surface area contributed by atoms with Gasteiger partial charge in [0.05, 0.1) is 10.6 Å². The van der Waals surface area contributed by atoms with Gasteiger partial charge >= 0.3 is 0 Å². The minimum Gasteiger partial charge on any atom is -0.339 e. The van der Waals surface area contributed by atoms with E-state index in [0.29, 0.717) is 22.7 Å². The normalized spacial score (nSPS) is 23.5. The maximum Gasteiger partial charge on any atom is 0.255 e. The summed E-state index contributed by atoms with van der Waals surface area (Å²) in [5, 5.41) is 3.25. The molecule has 0 unspecified atom stereocenters. The number of nitrogens with zero attached hydrogens (tertiary/aromatic N) is 1. The number of nitrogens with two attached hydrogens (primary N) is 1. The first-order valence-corrected chi connectivity index (χ1v) is 9.56. The summed E-state index contributed by atoms with van der Waals surface area (Å²) >= 11 is 6.30. The number of benzene rings is 1. The first-order chi connectivity index (χ1) is 12.0. The number of carbonyl (C=O) groups is 2. The number of hydrogen-bond donors (Lipinski definition) is 2. The quantitative estimate of drug-likeness (QED) is 0.860. The average molecular weight is 364 g/mol. The summed E-state index contributed by atoms with van der Waals surface area (Å²) in [5.41, 5.74) is 7.15. The van der Waals surface area contributed by atoms with E-state index in [1.165, 1.54) is 6.42 Å². The van der Waals surface area contributed by atoms with E-state index in [1.807, 2.05) is 4.90 Å². The highest BCUT2D eigenvalue weighted by atomic mass is 35.5. The topological polar surface area (TPSA) is 75.4 Å². The molecular weight excluding hydrogens is 338 g/mol. The van der Waals surface area contributed by atoms with Crippen LogP contribution >= 0.6 is 11.6 Å². The number of halogens is 1. The van der Waals surface area contributed by atoms with Crippen molar-refractivity contribution in [2.75, 3.05) is 18.4 Å². The summed E-state index contributed by atoms with van der Waals surface area (Å²) in [6.45, 7) is 1.57. The van der Waals surface area contributed by atoms with Crippen molar-refractivity contribution < 1.29 is 9.59 Å². The molecule has 2 fully saturated rings. The molecule has 0 radical (unpaired) electrons. The molecule has 1 saturated heterocycles. The molecule has 6 heteroatoms. The second-order valence-electron chi connectivity index (χ2n) is 7.15. The van der Waals surface area contributed by atoms with Crippen molar-refractivity contribution >= 4 is 29.1 Å². The van der Waals surface area contributed by atoms with Crippen molar-refractivity contribution in [3.8, 4) is 0 Å². The minimum atomic E-state index is -0.0477. The van der Waals surface area contributed by atoms with E-state index in [-0.39, 0.29) is 23.8 Å². The predicted octanol–water partition coefficient (Wildman–Crippen LogP) is 3.42. The molecule has 2 amide bonds. The van der Waals surface area contributed by atoms with Gasteiger partial charge in [-0.1, -0.05) is 18.0 Å². The molecule has 1 aliphatic heterocycles. The van der Waals surface area contributed by atoms with Crippen LogP contribution in [0.25, 0.3) is 0 Å². The van der Waals surface area contributed by atoms with Crippen molar-refractivity contribution in [2.24, 2.45) is 11.7 Å². The third-order valence-electron chi connectivity index (χ3n) is 5.29. The Kier molecular flexibility index (Phi) is 5.97. The highest BCUT2D eigenvalue weighted by molar-refractivity contribution is 6.34. The molecule has 0 bridgehead atoms. The number of piperidine rings is 1. The number of hydrogen-bond acceptors (Lipinski definition) is 3. The Balaban J connectivity index is 1.61. The summed E-state index contributed by atoms with van der Waals surface area (Å²) in [6.07, 6.45) is 6.80. The Morgan fingerprint density at radius 3 is 2.56 bits per heavy atom. The molecule has 1 aromatic carbocycles. The van der Waals surface area contributed by atoms with Gasteiger partial charge in [0.2, 0.25) is 5.91 Å². The molecule has 1 saturated carbocycles. The molecule has 5 nitrogen and oxygen atoms in total. The lowest BCUT2D eigenvalue weighted by molar-refractivity contribution is -0.117. The van der Waals surface area contributed by atoms with Crippen LogP contribution in [0.15, 0.2) is 18.2 Å². The van der Waals surface area contributed by atoms with E-state index in [2.05, 4.69) is 5.32 Å². The van der Waals surface area contributed by atoms with Crippen LogP contribution < -0.4 is 11.1 Å². The Labute approximate surface area is 153 Å². The van der Waals surface area contributed by atoms with Gasteiger partial charge < -0.3 is 16.0 Å². The zero-order chi connectivity index (χ0) is 17.8. The van der Waals surface area contributed by atoms with Gasteiger partial charge in [0.15, 0.2) is 0 Å². The second kappa shape index (κ2) is 8.19. The largest absolute Gasteiger partial charge is 0.339 e. The summed E-state index contributed by atoms with van der Waals surface area (Å²) in [4.78, 5) is 26.6. The smallest absolute Gasteiger partial charge is 0.255 e. The molecule has 25 heavy (non-hydrogen) atoms. The van der Waals surface area contributed by atoms with Crippen LogP contribution in [0.5, 0.6) is 0 Å². The lowest BCUT2D eigenvalue weighted by Crippen LogP contribution is -2.35. The summed E-state index contributed by atoms with van der Waals surface area (Å²) in [6, 6.07) is 5.23. The first kappa shape index (κ1) is 18.2. The number of rotatable bonds is 4. The van der Waals surface area contributed by atoms with E-state index >= 15 is 0 Å². The molecule has 1 aliphatic carbocycles. The maximum atomic E-state index is 12.6. The van der Waals surface area contributed by atoms with Crippen molar-refractivity contribution in [3.05, 3.63) is 28.8 Å². The zero-order valence-electron chi connectivity index (χ0n) is 14.5. The predicted molar refractivity (Wildman–Crippen MR) is 99.8 cm³/mol. The summed E-state index contributed by atoms with van der Waals surface area (Å²) < 4.78 is 0. The Morgan fingerprint density at radius 2 is 1.92 bits per heavy atom. The fourth-order valence-electron chi connectivity index (χ4n) is 3.80. The van der Waals surface area contributed by atoms with Gasteiger partial charge in [0.1, 0.15) is 0 Å². The van der Waals surface area contributed by atoms with Crippen LogP contribution in [0.2, 0.25) is 5.02 Å². The van der Waals surface area contributed by atoms with Crippen molar-refractivity contribution in [2.45, 2.75) is 51.0 Å². The number of amides is 2. The van der Waals surface area contributed by atoms with Crippen LogP contribution in [-0.4, -0.2) is 35.8 Å². The van der Waals surface area contributed by atoms with Crippen LogP contribution in [0.3, 0.4) is 0 Å². The van der Waals surface area contributed by atoms with Crippen LogP contribution in [0, 0.1) is 5.92 Å². The van der Waals surface area contributed by atoms with Crippen molar-refractivity contribution in [1.29, 1.82) is 0 Å². The van der Waals surface area contributed by atoms with E-state index in [4.69, 9.17) is 17.3 Å². The number of carbonyl (C=O) groups excluding carboxylic acids is 2. The SMILES string of the molecule is N[C@@H]1CCC[C@H]1CC(=O)Nc1ccc(C(=O)N2CCCCC2)c(Cl)c1. The monoisotopic (exact) mass is 363 g/mol. The lowest BCUT2D eigenvalue weighted by Gasteiger charge is -2.27.